The molecule has 1 aliphatic heterocycles. The Morgan fingerprint density at radius 1 is 0.949 bits per heavy atom. The standard InChI is InChI=1S/C48H50N4O6S/c1-30-45(59-29-51-30)34-14-12-31(13-15-34)26-50-46(56)43-25-37(54)28-52(43)47(57)41(48(2,3)4)24-36(53)11-8-22-58-38-18-16-32(17-19-38)35-23-40-39(20-21-42(40)49-27-35)44(55)33-9-6-5-7-10-33/h5-7,9-10,12-20,23,27,29,37,41,43,54H,8,11,21-22,24-26,28H2,1-4H3,(H,50,56)/t37-,41-,43+/m1/s1. The Kier molecular flexibility index (Phi) is 12.6. The number of aliphatic hydroxyl groups is 1. The van der Waals surface area contributed by atoms with Gasteiger partial charge in [0.05, 0.1) is 34.5 Å². The van der Waals surface area contributed by atoms with Crippen molar-refractivity contribution in [3.8, 4) is 27.3 Å². The molecule has 0 spiro atoms. The van der Waals surface area contributed by atoms with Gasteiger partial charge in [0.15, 0.2) is 5.78 Å². The minimum atomic E-state index is -0.829. The number of nitrogens with zero attached hydrogens (tertiary/aromatic N) is 3. The highest BCUT2D eigenvalue weighted by Crippen LogP contribution is 2.35. The molecule has 0 unspecified atom stereocenters. The maximum atomic E-state index is 14.1. The minimum Gasteiger partial charge on any atom is -0.494 e. The van der Waals surface area contributed by atoms with E-state index in [1.165, 1.54) is 4.90 Å². The Morgan fingerprint density at radius 3 is 2.37 bits per heavy atom. The number of pyridine rings is 1. The number of rotatable bonds is 15. The molecule has 3 atom stereocenters. The number of aryl methyl sites for hydroxylation is 1. The molecule has 304 valence electrons. The lowest BCUT2D eigenvalue weighted by Crippen LogP contribution is -2.50. The smallest absolute Gasteiger partial charge is 0.243 e. The lowest BCUT2D eigenvalue weighted by Gasteiger charge is -2.34. The summed E-state index contributed by atoms with van der Waals surface area (Å²) in [6.45, 7) is 8.40. The molecule has 11 heteroatoms. The SMILES string of the molecule is Cc1ncsc1-c1ccc(CNC(=O)[C@@H]2C[C@@H](O)CN2C(=O)[C@@H](CC(=O)CCCOc2ccc(-c3cnc4c(c3)C(C(=O)c3ccccc3)=CC4)cc2)C(C)(C)C)cc1. The van der Waals surface area contributed by atoms with Gasteiger partial charge in [-0.2, -0.15) is 0 Å². The van der Waals surface area contributed by atoms with E-state index < -0.39 is 23.5 Å². The monoisotopic (exact) mass is 810 g/mol. The maximum Gasteiger partial charge on any atom is 0.243 e. The van der Waals surface area contributed by atoms with E-state index in [9.17, 15) is 24.3 Å². The van der Waals surface area contributed by atoms with Crippen LogP contribution in [0.15, 0.2) is 103 Å². The van der Waals surface area contributed by atoms with E-state index in [0.717, 1.165) is 44.1 Å². The van der Waals surface area contributed by atoms with Gasteiger partial charge in [-0.05, 0) is 53.6 Å². The Morgan fingerprint density at radius 2 is 1.68 bits per heavy atom. The summed E-state index contributed by atoms with van der Waals surface area (Å²) >= 11 is 1.58. The lowest BCUT2D eigenvalue weighted by molar-refractivity contribution is -0.146. The molecule has 2 amide bonds. The predicted octanol–water partition coefficient (Wildman–Crippen LogP) is 8.06. The summed E-state index contributed by atoms with van der Waals surface area (Å²) in [5, 5.41) is 13.6. The number of nitrogens with one attached hydrogen (secondary N) is 1. The maximum absolute atomic E-state index is 14.1. The van der Waals surface area contributed by atoms with Crippen molar-refractivity contribution >= 4 is 40.3 Å². The van der Waals surface area contributed by atoms with Crippen LogP contribution in [0.25, 0.3) is 27.1 Å². The fourth-order valence-electron chi connectivity index (χ4n) is 7.78. The van der Waals surface area contributed by atoms with Gasteiger partial charge >= 0.3 is 0 Å². The van der Waals surface area contributed by atoms with E-state index in [2.05, 4.69) is 15.3 Å². The highest BCUT2D eigenvalue weighted by atomic mass is 32.1. The molecule has 3 heterocycles. The fraction of sp³-hybridized carbons (Fsp3) is 0.333. The average Bonchev–Trinajstić information content (AvgIpc) is 3.98. The van der Waals surface area contributed by atoms with Crippen LogP contribution in [-0.2, 0) is 27.3 Å². The third-order valence-electron chi connectivity index (χ3n) is 11.2. The highest BCUT2D eigenvalue weighted by Gasteiger charge is 2.44. The molecule has 10 nitrogen and oxygen atoms in total. The Bertz CT molecular complexity index is 2350. The zero-order valence-corrected chi connectivity index (χ0v) is 34.8. The van der Waals surface area contributed by atoms with Crippen molar-refractivity contribution in [3.63, 3.8) is 0 Å². The van der Waals surface area contributed by atoms with E-state index in [-0.39, 0.29) is 55.7 Å². The number of aromatic nitrogens is 2. The van der Waals surface area contributed by atoms with Crippen LogP contribution < -0.4 is 10.1 Å². The third-order valence-corrected chi connectivity index (χ3v) is 12.1. The summed E-state index contributed by atoms with van der Waals surface area (Å²) in [5.41, 5.74) is 9.13. The summed E-state index contributed by atoms with van der Waals surface area (Å²) in [7, 11) is 0. The van der Waals surface area contributed by atoms with Gasteiger partial charge in [0.25, 0.3) is 0 Å². The number of aliphatic hydroxyl groups excluding tert-OH is 1. The van der Waals surface area contributed by atoms with Crippen LogP contribution in [0.2, 0.25) is 0 Å². The number of hydrogen-bond donors (Lipinski definition) is 2. The molecular formula is C48H50N4O6S. The minimum absolute atomic E-state index is 0.0111. The summed E-state index contributed by atoms with van der Waals surface area (Å²) in [6, 6.07) is 26.1. The first kappa shape index (κ1) is 41.4. The second-order valence-electron chi connectivity index (χ2n) is 16.5. The van der Waals surface area contributed by atoms with Gasteiger partial charge in [-0.15, -0.1) is 11.3 Å². The summed E-state index contributed by atoms with van der Waals surface area (Å²) < 4.78 is 5.98. The number of ketones is 2. The normalized spacial score (nSPS) is 16.6. The fourth-order valence-corrected chi connectivity index (χ4v) is 8.59. The van der Waals surface area contributed by atoms with E-state index in [1.807, 2.05) is 130 Å². The number of hydrogen-bond acceptors (Lipinski definition) is 9. The predicted molar refractivity (Wildman–Crippen MR) is 230 cm³/mol. The van der Waals surface area contributed by atoms with Crippen molar-refractivity contribution in [2.75, 3.05) is 13.2 Å². The van der Waals surface area contributed by atoms with Crippen LogP contribution in [0.1, 0.15) is 79.3 Å². The van der Waals surface area contributed by atoms with Gasteiger partial charge in [0, 0.05) is 73.2 Å². The van der Waals surface area contributed by atoms with Crippen molar-refractivity contribution in [2.45, 2.75) is 78.5 Å². The zero-order valence-electron chi connectivity index (χ0n) is 33.9. The van der Waals surface area contributed by atoms with E-state index in [4.69, 9.17) is 4.74 Å². The van der Waals surface area contributed by atoms with Crippen LogP contribution in [0.3, 0.4) is 0 Å². The quantitative estimate of drug-likeness (QED) is 0.0800. The Hall–Kier alpha value is -5.78. The van der Waals surface area contributed by atoms with Crippen molar-refractivity contribution in [1.82, 2.24) is 20.2 Å². The lowest BCUT2D eigenvalue weighted by atomic mass is 9.76. The van der Waals surface area contributed by atoms with Gasteiger partial charge in [0.1, 0.15) is 17.6 Å². The van der Waals surface area contributed by atoms with Crippen LogP contribution in [-0.4, -0.2) is 68.7 Å². The van der Waals surface area contributed by atoms with Crippen LogP contribution in [0.5, 0.6) is 5.75 Å². The van der Waals surface area contributed by atoms with Crippen LogP contribution >= 0.6 is 11.3 Å². The number of fused-ring (bicyclic) bond motifs is 1. The molecule has 2 aromatic heterocycles. The number of likely N-dealkylation sites (tertiary alicyclic amines) is 1. The molecule has 7 rings (SSSR count). The molecule has 1 saturated heterocycles. The van der Waals surface area contributed by atoms with E-state index in [0.29, 0.717) is 36.3 Å². The molecule has 1 aliphatic carbocycles. The van der Waals surface area contributed by atoms with Crippen molar-refractivity contribution in [1.29, 1.82) is 0 Å². The highest BCUT2D eigenvalue weighted by molar-refractivity contribution is 7.13. The number of carbonyl (C=O) groups is 4. The summed E-state index contributed by atoms with van der Waals surface area (Å²) in [4.78, 5) is 65.6. The Labute approximate surface area is 349 Å². The van der Waals surface area contributed by atoms with Gasteiger partial charge in [-0.25, -0.2) is 4.98 Å². The number of allylic oxidation sites excluding steroid dienone is 2. The second kappa shape index (κ2) is 18.0. The molecule has 2 N–H and O–H groups in total. The molecule has 1 fully saturated rings. The molecule has 59 heavy (non-hydrogen) atoms. The molecule has 3 aromatic carbocycles. The van der Waals surface area contributed by atoms with E-state index in [1.54, 1.807) is 11.3 Å². The van der Waals surface area contributed by atoms with Crippen molar-refractivity contribution in [3.05, 3.63) is 131 Å². The molecule has 5 aromatic rings. The third kappa shape index (κ3) is 9.75. The van der Waals surface area contributed by atoms with Gasteiger partial charge in [-0.3, -0.25) is 24.2 Å². The van der Waals surface area contributed by atoms with Gasteiger partial charge in [-0.1, -0.05) is 93.6 Å². The first-order valence-electron chi connectivity index (χ1n) is 20.2. The summed E-state index contributed by atoms with van der Waals surface area (Å²) in [5.74, 6) is -0.688. The number of β-amino-alcohol motifs (C(OH)–C–C–N with tert-alkyl or cyclic N) is 1. The second-order valence-corrected chi connectivity index (χ2v) is 17.3. The zero-order chi connectivity index (χ0) is 41.7. The largest absolute Gasteiger partial charge is 0.494 e. The number of ether oxygens (including phenoxy) is 1. The number of benzene rings is 3. The molecule has 0 radical (unpaired) electrons. The first-order chi connectivity index (χ1) is 28.4. The van der Waals surface area contributed by atoms with Gasteiger partial charge < -0.3 is 20.1 Å². The van der Waals surface area contributed by atoms with Crippen molar-refractivity contribution < 1.29 is 29.0 Å². The van der Waals surface area contributed by atoms with Crippen molar-refractivity contribution in [2.24, 2.45) is 11.3 Å². The summed E-state index contributed by atoms with van der Waals surface area (Å²) in [6.07, 6.45) is 4.46. The number of amides is 2. The molecule has 0 saturated carbocycles. The number of Topliss-reactive ketones (excluding diaryl/α,β-unsaturated/α-hetero) is 2. The number of carbonyl (C=O) groups excluding carboxylic acids is 4. The molecular weight excluding hydrogens is 761 g/mol. The number of thiazole rings is 1. The van der Waals surface area contributed by atoms with Crippen LogP contribution in [0, 0.1) is 18.3 Å². The average molecular weight is 811 g/mol. The molecule has 2 aliphatic rings. The van der Waals surface area contributed by atoms with Crippen LogP contribution in [0.4, 0.5) is 0 Å². The topological polar surface area (TPSA) is 139 Å². The molecule has 0 bridgehead atoms. The first-order valence-corrected chi connectivity index (χ1v) is 21.0. The Balaban J connectivity index is 0.894. The van der Waals surface area contributed by atoms with Gasteiger partial charge in [0.2, 0.25) is 11.8 Å². The van der Waals surface area contributed by atoms with E-state index >= 15 is 0 Å².